The average molecular weight is 258 g/mol. The molecule has 2 rings (SSSR count). The summed E-state index contributed by atoms with van der Waals surface area (Å²) in [5.74, 6) is 0.886. The summed E-state index contributed by atoms with van der Waals surface area (Å²) in [5.41, 5.74) is 5.45. The molecule has 16 heavy (non-hydrogen) atoms. The summed E-state index contributed by atoms with van der Waals surface area (Å²) in [5, 5.41) is 9.00. The van der Waals surface area contributed by atoms with E-state index in [9.17, 15) is 0 Å². The van der Waals surface area contributed by atoms with E-state index in [4.69, 9.17) is 17.3 Å². The molecule has 2 N–H and O–H groups in total. The van der Waals surface area contributed by atoms with Gasteiger partial charge >= 0.3 is 0 Å². The topological polar surface area (TPSA) is 95.4 Å². The van der Waals surface area contributed by atoms with Gasteiger partial charge in [-0.2, -0.15) is 15.0 Å². The zero-order chi connectivity index (χ0) is 11.7. The molecule has 2 heterocycles. The second-order valence-electron chi connectivity index (χ2n) is 2.94. The number of nitrogens with zero attached hydrogens (tertiary/aromatic N) is 6. The number of hydrogen-bond donors (Lipinski definition) is 1. The predicted octanol–water partition coefficient (Wildman–Crippen LogP) is 0.695. The summed E-state index contributed by atoms with van der Waals surface area (Å²) in [6.07, 6.45) is 0. The fourth-order valence-electron chi connectivity index (χ4n) is 0.950. The number of nitrogen functional groups attached to an aromatic ring is 1. The first-order valence-corrected chi connectivity index (χ1v) is 5.46. The van der Waals surface area contributed by atoms with Crippen molar-refractivity contribution in [2.24, 2.45) is 7.05 Å². The van der Waals surface area contributed by atoms with Gasteiger partial charge in [0.15, 0.2) is 5.16 Å². The Morgan fingerprint density at radius 1 is 1.25 bits per heavy atom. The highest BCUT2D eigenvalue weighted by molar-refractivity contribution is 7.99. The van der Waals surface area contributed by atoms with Gasteiger partial charge in [0.1, 0.15) is 5.82 Å². The summed E-state index contributed by atoms with van der Waals surface area (Å²) in [4.78, 5) is 11.5. The maximum Gasteiger partial charge on any atom is 0.228 e. The summed E-state index contributed by atoms with van der Waals surface area (Å²) in [7, 11) is 1.85. The lowest BCUT2D eigenvalue weighted by Gasteiger charge is -2.00. The predicted molar refractivity (Wildman–Crippen MR) is 59.1 cm³/mol. The molecule has 0 unspecified atom stereocenters. The summed E-state index contributed by atoms with van der Waals surface area (Å²) < 4.78 is 1.82. The van der Waals surface area contributed by atoms with E-state index >= 15 is 0 Å². The number of aromatic nitrogens is 6. The molecule has 0 radical (unpaired) electrons. The van der Waals surface area contributed by atoms with Crippen LogP contribution in [0.1, 0.15) is 5.82 Å². The lowest BCUT2D eigenvalue weighted by Crippen LogP contribution is -2.00. The number of nitrogens with two attached hydrogens (primary N) is 1. The Hall–Kier alpha value is -1.41. The Labute approximate surface area is 100 Å². The van der Waals surface area contributed by atoms with Crippen LogP contribution in [0, 0.1) is 6.92 Å². The lowest BCUT2D eigenvalue weighted by molar-refractivity contribution is 0.761. The van der Waals surface area contributed by atoms with E-state index in [1.807, 2.05) is 18.5 Å². The van der Waals surface area contributed by atoms with Crippen molar-refractivity contribution in [3.63, 3.8) is 0 Å². The highest BCUT2D eigenvalue weighted by Gasteiger charge is 2.10. The molecule has 0 aliphatic heterocycles. The van der Waals surface area contributed by atoms with Gasteiger partial charge in [0.05, 0.1) is 0 Å². The number of hydrogen-bond acceptors (Lipinski definition) is 7. The minimum Gasteiger partial charge on any atom is -0.368 e. The molecule has 0 atom stereocenters. The highest BCUT2D eigenvalue weighted by atomic mass is 35.5. The molecule has 7 nitrogen and oxygen atoms in total. The first-order valence-electron chi connectivity index (χ1n) is 4.27. The largest absolute Gasteiger partial charge is 0.368 e. The molecule has 0 fully saturated rings. The van der Waals surface area contributed by atoms with Crippen molar-refractivity contribution in [1.29, 1.82) is 0 Å². The highest BCUT2D eigenvalue weighted by Crippen LogP contribution is 2.23. The molecule has 84 valence electrons. The van der Waals surface area contributed by atoms with Gasteiger partial charge in [-0.05, 0) is 30.3 Å². The van der Waals surface area contributed by atoms with Crippen molar-refractivity contribution in [2.75, 3.05) is 5.73 Å². The van der Waals surface area contributed by atoms with Crippen molar-refractivity contribution >= 4 is 29.3 Å². The van der Waals surface area contributed by atoms with Crippen LogP contribution < -0.4 is 5.73 Å². The second-order valence-corrected chi connectivity index (χ2v) is 4.21. The Kier molecular flexibility index (Phi) is 2.92. The van der Waals surface area contributed by atoms with Gasteiger partial charge < -0.3 is 10.3 Å². The molecule has 0 spiro atoms. The van der Waals surface area contributed by atoms with Gasteiger partial charge in [0.25, 0.3) is 0 Å². The molecule has 2 aromatic heterocycles. The van der Waals surface area contributed by atoms with Crippen molar-refractivity contribution in [3.8, 4) is 0 Å². The van der Waals surface area contributed by atoms with E-state index in [1.54, 1.807) is 0 Å². The summed E-state index contributed by atoms with van der Waals surface area (Å²) in [6, 6.07) is 0. The van der Waals surface area contributed by atoms with Crippen LogP contribution in [-0.2, 0) is 7.05 Å². The van der Waals surface area contributed by atoms with Crippen molar-refractivity contribution in [1.82, 2.24) is 29.7 Å². The third kappa shape index (κ3) is 2.22. The first kappa shape index (κ1) is 11.1. The fraction of sp³-hybridized carbons (Fsp3) is 0.286. The molecular weight excluding hydrogens is 250 g/mol. The molecule has 0 bridgehead atoms. The number of halogens is 1. The van der Waals surface area contributed by atoms with Crippen molar-refractivity contribution < 1.29 is 0 Å². The number of anilines is 1. The maximum absolute atomic E-state index is 5.66. The normalized spacial score (nSPS) is 10.7. The molecule has 0 saturated carbocycles. The van der Waals surface area contributed by atoms with Crippen molar-refractivity contribution in [3.05, 3.63) is 11.1 Å². The van der Waals surface area contributed by atoms with Gasteiger partial charge in [-0.1, -0.05) is 0 Å². The van der Waals surface area contributed by atoms with Crippen LogP contribution in [0.5, 0.6) is 0 Å². The second kappa shape index (κ2) is 4.22. The minimum atomic E-state index is 0.0638. The molecule has 0 aromatic carbocycles. The Morgan fingerprint density at radius 2 is 2.00 bits per heavy atom. The van der Waals surface area contributed by atoms with E-state index in [2.05, 4.69) is 25.1 Å². The van der Waals surface area contributed by atoms with Gasteiger partial charge in [-0.3, -0.25) is 0 Å². The molecule has 0 saturated heterocycles. The smallest absolute Gasteiger partial charge is 0.228 e. The van der Waals surface area contributed by atoms with E-state index in [-0.39, 0.29) is 11.2 Å². The van der Waals surface area contributed by atoms with E-state index in [0.717, 1.165) is 5.82 Å². The average Bonchev–Trinajstić information content (AvgIpc) is 2.48. The maximum atomic E-state index is 5.66. The van der Waals surface area contributed by atoms with Crippen molar-refractivity contribution in [2.45, 2.75) is 17.2 Å². The lowest BCUT2D eigenvalue weighted by atomic mass is 10.7. The minimum absolute atomic E-state index is 0.0638. The van der Waals surface area contributed by atoms with E-state index < -0.39 is 0 Å². The fourth-order valence-corrected chi connectivity index (χ4v) is 1.95. The molecule has 0 aliphatic carbocycles. The van der Waals surface area contributed by atoms with Gasteiger partial charge in [0.2, 0.25) is 16.4 Å². The third-order valence-electron chi connectivity index (χ3n) is 1.84. The molecular formula is C7H8ClN7S. The van der Waals surface area contributed by atoms with Crippen LogP contribution in [0.3, 0.4) is 0 Å². The van der Waals surface area contributed by atoms with Crippen LogP contribution in [-0.4, -0.2) is 29.7 Å². The summed E-state index contributed by atoms with van der Waals surface area (Å²) in [6.45, 7) is 1.85. The van der Waals surface area contributed by atoms with Crippen LogP contribution in [0.4, 0.5) is 5.95 Å². The Balaban J connectivity index is 2.30. The number of aryl methyl sites for hydroxylation is 1. The van der Waals surface area contributed by atoms with Crippen LogP contribution in [0.15, 0.2) is 10.3 Å². The zero-order valence-electron chi connectivity index (χ0n) is 8.55. The molecule has 0 amide bonds. The first-order chi connectivity index (χ1) is 7.56. The van der Waals surface area contributed by atoms with Gasteiger partial charge in [-0.15, -0.1) is 10.2 Å². The SMILES string of the molecule is Cc1nnc(Sc2nc(N)nc(Cl)n2)n1C. The summed E-state index contributed by atoms with van der Waals surface area (Å²) >= 11 is 6.89. The van der Waals surface area contributed by atoms with Crippen LogP contribution >= 0.6 is 23.4 Å². The molecule has 2 aromatic rings. The van der Waals surface area contributed by atoms with Gasteiger partial charge in [-0.25, -0.2) is 0 Å². The van der Waals surface area contributed by atoms with Crippen LogP contribution in [0.25, 0.3) is 0 Å². The van der Waals surface area contributed by atoms with Crippen LogP contribution in [0.2, 0.25) is 5.28 Å². The molecule has 0 aliphatic rings. The van der Waals surface area contributed by atoms with E-state index in [1.165, 1.54) is 11.8 Å². The standard InChI is InChI=1S/C7H8ClN7S/c1-3-13-14-7(15(3)2)16-6-11-4(8)10-5(9)12-6/h1-2H3,(H2,9,10,11,12). The third-order valence-corrected chi connectivity index (χ3v) is 2.91. The van der Waals surface area contributed by atoms with E-state index in [0.29, 0.717) is 10.3 Å². The Morgan fingerprint density at radius 3 is 2.56 bits per heavy atom. The monoisotopic (exact) mass is 257 g/mol. The quantitative estimate of drug-likeness (QED) is 0.846. The zero-order valence-corrected chi connectivity index (χ0v) is 10.1. The van der Waals surface area contributed by atoms with Gasteiger partial charge in [0, 0.05) is 7.05 Å². The Bertz CT molecular complexity index is 505. The number of rotatable bonds is 2. The molecule has 9 heteroatoms.